The number of pyridine rings is 1. The second-order valence-electron chi connectivity index (χ2n) is 5.85. The molecule has 2 heterocycles. The summed E-state index contributed by atoms with van der Waals surface area (Å²) in [6.07, 6.45) is 1.82. The lowest BCUT2D eigenvalue weighted by atomic mass is 10.0. The van der Waals surface area contributed by atoms with Crippen molar-refractivity contribution in [3.63, 3.8) is 0 Å². The number of imidazole rings is 1. The lowest BCUT2D eigenvalue weighted by Crippen LogP contribution is -2.14. The zero-order valence-corrected chi connectivity index (χ0v) is 13.4. The number of nitrogens with one attached hydrogen (secondary N) is 2. The average Bonchev–Trinajstić information content (AvgIpc) is 3.03. The van der Waals surface area contributed by atoms with E-state index in [-0.39, 0.29) is 6.04 Å². The van der Waals surface area contributed by atoms with Crippen LogP contribution in [0, 0.1) is 6.92 Å². The fraction of sp³-hybridized carbons (Fsp3) is 0.100. The Hall–Kier alpha value is -3.14. The molecule has 0 saturated heterocycles. The number of hydrogen-bond donors (Lipinski definition) is 2. The molecule has 0 spiro atoms. The SMILES string of the molecule is Cc1cccc(C(Nc2nc3ccccc3[nH]2)c2ccccn2)c1. The minimum Gasteiger partial charge on any atom is -0.343 e. The van der Waals surface area contributed by atoms with E-state index in [9.17, 15) is 0 Å². The number of nitrogens with zero attached hydrogens (tertiary/aromatic N) is 2. The molecule has 4 nitrogen and oxygen atoms in total. The number of para-hydroxylation sites is 2. The molecule has 2 aromatic carbocycles. The van der Waals surface area contributed by atoms with Crippen molar-refractivity contribution >= 4 is 17.0 Å². The molecule has 0 radical (unpaired) electrons. The van der Waals surface area contributed by atoms with Crippen molar-refractivity contribution in [3.8, 4) is 0 Å². The van der Waals surface area contributed by atoms with E-state index < -0.39 is 0 Å². The summed E-state index contributed by atoms with van der Waals surface area (Å²) < 4.78 is 0. The molecule has 1 unspecified atom stereocenters. The molecule has 2 N–H and O–H groups in total. The van der Waals surface area contributed by atoms with Crippen molar-refractivity contribution in [2.75, 3.05) is 5.32 Å². The van der Waals surface area contributed by atoms with E-state index >= 15 is 0 Å². The van der Waals surface area contributed by atoms with Crippen LogP contribution >= 0.6 is 0 Å². The van der Waals surface area contributed by atoms with Crippen LogP contribution in [0.5, 0.6) is 0 Å². The standard InChI is InChI=1S/C20H18N4/c1-14-7-6-8-15(13-14)19(18-11-4-5-12-21-18)24-20-22-16-9-2-3-10-17(16)23-20/h2-13,19H,1H3,(H2,22,23,24). The number of fused-ring (bicyclic) bond motifs is 1. The molecule has 0 aliphatic rings. The van der Waals surface area contributed by atoms with Gasteiger partial charge in [0.25, 0.3) is 0 Å². The van der Waals surface area contributed by atoms with Crippen LogP contribution in [0.4, 0.5) is 5.95 Å². The summed E-state index contributed by atoms with van der Waals surface area (Å²) in [7, 11) is 0. The maximum absolute atomic E-state index is 4.63. The Balaban J connectivity index is 1.75. The maximum Gasteiger partial charge on any atom is 0.201 e. The number of anilines is 1. The van der Waals surface area contributed by atoms with Gasteiger partial charge < -0.3 is 10.3 Å². The maximum atomic E-state index is 4.63. The highest BCUT2D eigenvalue weighted by Gasteiger charge is 2.17. The largest absolute Gasteiger partial charge is 0.343 e. The molecule has 4 heteroatoms. The van der Waals surface area contributed by atoms with Crippen molar-refractivity contribution in [2.24, 2.45) is 0 Å². The smallest absolute Gasteiger partial charge is 0.201 e. The number of aromatic nitrogens is 3. The molecule has 0 aliphatic carbocycles. The molecule has 0 aliphatic heterocycles. The highest BCUT2D eigenvalue weighted by atomic mass is 15.1. The van der Waals surface area contributed by atoms with Crippen molar-refractivity contribution in [1.29, 1.82) is 0 Å². The van der Waals surface area contributed by atoms with E-state index in [1.165, 1.54) is 5.56 Å². The number of benzene rings is 2. The number of hydrogen-bond acceptors (Lipinski definition) is 3. The molecule has 1 atom stereocenters. The minimum atomic E-state index is -0.0633. The fourth-order valence-corrected chi connectivity index (χ4v) is 2.88. The van der Waals surface area contributed by atoms with Crippen LogP contribution in [0.15, 0.2) is 72.9 Å². The van der Waals surface area contributed by atoms with Gasteiger partial charge in [0, 0.05) is 6.20 Å². The summed E-state index contributed by atoms with van der Waals surface area (Å²) in [6.45, 7) is 2.10. The van der Waals surface area contributed by atoms with Crippen LogP contribution < -0.4 is 5.32 Å². The molecule has 0 bridgehead atoms. The molecule has 4 aromatic rings. The van der Waals surface area contributed by atoms with Gasteiger partial charge in [-0.2, -0.15) is 0 Å². The first-order valence-corrected chi connectivity index (χ1v) is 7.98. The Morgan fingerprint density at radius 3 is 2.62 bits per heavy atom. The van der Waals surface area contributed by atoms with Crippen molar-refractivity contribution in [2.45, 2.75) is 13.0 Å². The molecule has 0 fully saturated rings. The Morgan fingerprint density at radius 1 is 0.958 bits per heavy atom. The fourth-order valence-electron chi connectivity index (χ4n) is 2.88. The lowest BCUT2D eigenvalue weighted by molar-refractivity contribution is 0.871. The summed E-state index contributed by atoms with van der Waals surface area (Å²) in [4.78, 5) is 12.5. The molecule has 0 saturated carbocycles. The summed E-state index contributed by atoms with van der Waals surface area (Å²) >= 11 is 0. The first-order chi connectivity index (χ1) is 11.8. The predicted molar refractivity (Wildman–Crippen MR) is 97.0 cm³/mol. The third-order valence-electron chi connectivity index (χ3n) is 4.03. The van der Waals surface area contributed by atoms with Crippen LogP contribution in [0.2, 0.25) is 0 Å². The van der Waals surface area contributed by atoms with Crippen LogP contribution in [0.3, 0.4) is 0 Å². The second kappa shape index (κ2) is 6.16. The van der Waals surface area contributed by atoms with Crippen LogP contribution in [0.25, 0.3) is 11.0 Å². The van der Waals surface area contributed by atoms with Gasteiger partial charge in [0.05, 0.1) is 22.8 Å². The number of aromatic amines is 1. The first kappa shape index (κ1) is 14.5. The molecular formula is C20H18N4. The first-order valence-electron chi connectivity index (χ1n) is 7.98. The van der Waals surface area contributed by atoms with Gasteiger partial charge in [-0.25, -0.2) is 4.98 Å². The Labute approximate surface area is 140 Å². The van der Waals surface area contributed by atoms with E-state index in [4.69, 9.17) is 0 Å². The molecule has 0 amide bonds. The van der Waals surface area contributed by atoms with Gasteiger partial charge in [-0.3, -0.25) is 4.98 Å². The minimum absolute atomic E-state index is 0.0633. The van der Waals surface area contributed by atoms with Crippen LogP contribution in [0.1, 0.15) is 22.9 Å². The summed E-state index contributed by atoms with van der Waals surface area (Å²) in [5.74, 6) is 0.744. The van der Waals surface area contributed by atoms with Gasteiger partial charge >= 0.3 is 0 Å². The van der Waals surface area contributed by atoms with Gasteiger partial charge in [-0.05, 0) is 36.8 Å². The highest BCUT2D eigenvalue weighted by molar-refractivity contribution is 5.77. The van der Waals surface area contributed by atoms with Crippen LogP contribution in [-0.4, -0.2) is 15.0 Å². The Kier molecular flexibility index (Phi) is 3.71. The number of rotatable bonds is 4. The van der Waals surface area contributed by atoms with E-state index in [1.54, 1.807) is 0 Å². The van der Waals surface area contributed by atoms with Crippen molar-refractivity contribution in [3.05, 3.63) is 89.7 Å². The van der Waals surface area contributed by atoms with Gasteiger partial charge in [0.15, 0.2) is 0 Å². The third-order valence-corrected chi connectivity index (χ3v) is 4.03. The molecule has 2 aromatic heterocycles. The van der Waals surface area contributed by atoms with E-state index in [0.29, 0.717) is 0 Å². The number of H-pyrrole nitrogens is 1. The zero-order chi connectivity index (χ0) is 16.4. The van der Waals surface area contributed by atoms with Gasteiger partial charge in [0.1, 0.15) is 0 Å². The van der Waals surface area contributed by atoms with E-state index in [1.807, 2.05) is 48.7 Å². The van der Waals surface area contributed by atoms with Gasteiger partial charge in [-0.1, -0.05) is 48.0 Å². The number of aryl methyl sites for hydroxylation is 1. The Bertz CT molecular complexity index is 926. The lowest BCUT2D eigenvalue weighted by Gasteiger charge is -2.18. The molecule has 118 valence electrons. The summed E-state index contributed by atoms with van der Waals surface area (Å²) in [5, 5.41) is 3.50. The Morgan fingerprint density at radius 2 is 1.83 bits per heavy atom. The highest BCUT2D eigenvalue weighted by Crippen LogP contribution is 2.26. The zero-order valence-electron chi connectivity index (χ0n) is 13.4. The topological polar surface area (TPSA) is 53.6 Å². The van der Waals surface area contributed by atoms with Crippen LogP contribution in [-0.2, 0) is 0 Å². The van der Waals surface area contributed by atoms with Crippen molar-refractivity contribution in [1.82, 2.24) is 15.0 Å². The van der Waals surface area contributed by atoms with Crippen molar-refractivity contribution < 1.29 is 0 Å². The quantitative estimate of drug-likeness (QED) is 0.584. The molecular weight excluding hydrogens is 296 g/mol. The normalized spacial score (nSPS) is 12.2. The monoisotopic (exact) mass is 314 g/mol. The second-order valence-corrected chi connectivity index (χ2v) is 5.85. The summed E-state index contributed by atoms with van der Waals surface area (Å²) in [5.41, 5.74) is 5.31. The molecule has 24 heavy (non-hydrogen) atoms. The predicted octanol–water partition coefficient (Wildman–Crippen LogP) is 4.47. The third kappa shape index (κ3) is 2.86. The van der Waals surface area contributed by atoms with E-state index in [2.05, 4.69) is 51.5 Å². The van der Waals surface area contributed by atoms with Gasteiger partial charge in [0.2, 0.25) is 5.95 Å². The van der Waals surface area contributed by atoms with Gasteiger partial charge in [-0.15, -0.1) is 0 Å². The molecule has 4 rings (SSSR count). The van der Waals surface area contributed by atoms with E-state index in [0.717, 1.165) is 28.2 Å². The summed E-state index contributed by atoms with van der Waals surface area (Å²) in [6, 6.07) is 22.4. The average molecular weight is 314 g/mol.